The summed E-state index contributed by atoms with van der Waals surface area (Å²) in [6.45, 7) is 9.15. The second-order valence-electron chi connectivity index (χ2n) is 5.98. The zero-order chi connectivity index (χ0) is 18.1. The van der Waals surface area contributed by atoms with E-state index in [1.807, 2.05) is 19.1 Å². The molecule has 2 heterocycles. The van der Waals surface area contributed by atoms with E-state index in [2.05, 4.69) is 57.4 Å². The van der Waals surface area contributed by atoms with Gasteiger partial charge in [-0.3, -0.25) is 4.79 Å². The number of nitrogens with zero attached hydrogens (tertiary/aromatic N) is 4. The standard InChI is InChI=1S/C19H21BrN4O/c1-5-18-22-17-8-7-15(20)10-16(17)19(25)24(18)21-11-14-9-12(3)23(6-2)13(14)4/h7-11H,5-6H2,1-4H3. The average Bonchev–Trinajstić information content (AvgIpc) is 2.87. The van der Waals surface area contributed by atoms with Gasteiger partial charge < -0.3 is 4.57 Å². The molecule has 6 heteroatoms. The first-order valence-electron chi connectivity index (χ1n) is 8.38. The van der Waals surface area contributed by atoms with Crippen LogP contribution in [0, 0.1) is 13.8 Å². The van der Waals surface area contributed by atoms with Crippen molar-refractivity contribution in [2.75, 3.05) is 0 Å². The average molecular weight is 401 g/mol. The lowest BCUT2D eigenvalue weighted by Gasteiger charge is -2.08. The Morgan fingerprint density at radius 1 is 1.24 bits per heavy atom. The van der Waals surface area contributed by atoms with Crippen molar-refractivity contribution in [2.45, 2.75) is 40.7 Å². The molecule has 3 rings (SSSR count). The molecular weight excluding hydrogens is 380 g/mol. The Hall–Kier alpha value is -2.21. The Bertz CT molecular complexity index is 1030. The molecule has 0 unspecified atom stereocenters. The smallest absolute Gasteiger partial charge is 0.282 e. The third-order valence-corrected chi connectivity index (χ3v) is 4.93. The number of halogens is 1. The Morgan fingerprint density at radius 3 is 2.64 bits per heavy atom. The zero-order valence-electron chi connectivity index (χ0n) is 14.9. The molecular formula is C19H21BrN4O. The molecule has 0 aliphatic rings. The zero-order valence-corrected chi connectivity index (χ0v) is 16.5. The van der Waals surface area contributed by atoms with Crippen LogP contribution in [0.4, 0.5) is 0 Å². The molecule has 0 bridgehead atoms. The molecule has 130 valence electrons. The number of rotatable bonds is 4. The summed E-state index contributed by atoms with van der Waals surface area (Å²) in [7, 11) is 0. The first-order chi connectivity index (χ1) is 12.0. The van der Waals surface area contributed by atoms with E-state index in [1.54, 1.807) is 12.3 Å². The number of hydrogen-bond acceptors (Lipinski definition) is 3. The van der Waals surface area contributed by atoms with E-state index in [9.17, 15) is 4.79 Å². The van der Waals surface area contributed by atoms with Crippen LogP contribution < -0.4 is 5.56 Å². The molecule has 0 radical (unpaired) electrons. The van der Waals surface area contributed by atoms with Crippen LogP contribution in [0.1, 0.15) is 36.6 Å². The summed E-state index contributed by atoms with van der Waals surface area (Å²) >= 11 is 3.41. The SMILES string of the molecule is CCc1nc2ccc(Br)cc2c(=O)n1N=Cc1cc(C)n(CC)c1C. The van der Waals surface area contributed by atoms with Crippen molar-refractivity contribution in [1.82, 2.24) is 14.2 Å². The first-order valence-corrected chi connectivity index (χ1v) is 9.17. The van der Waals surface area contributed by atoms with Crippen LogP contribution in [-0.4, -0.2) is 20.4 Å². The highest BCUT2D eigenvalue weighted by molar-refractivity contribution is 9.10. The maximum absolute atomic E-state index is 12.9. The van der Waals surface area contributed by atoms with E-state index >= 15 is 0 Å². The molecule has 0 aliphatic carbocycles. The van der Waals surface area contributed by atoms with Gasteiger partial charge in [-0.05, 0) is 45.0 Å². The topological polar surface area (TPSA) is 52.2 Å². The Kier molecular flexibility index (Phi) is 4.90. The lowest BCUT2D eigenvalue weighted by molar-refractivity contribution is 0.717. The number of aromatic nitrogens is 3. The van der Waals surface area contributed by atoms with E-state index in [1.165, 1.54) is 10.4 Å². The van der Waals surface area contributed by atoms with E-state index < -0.39 is 0 Å². The predicted octanol–water partition coefficient (Wildman–Crippen LogP) is 4.04. The monoisotopic (exact) mass is 400 g/mol. The Morgan fingerprint density at radius 2 is 2.00 bits per heavy atom. The highest BCUT2D eigenvalue weighted by atomic mass is 79.9. The highest BCUT2D eigenvalue weighted by Crippen LogP contribution is 2.17. The summed E-state index contributed by atoms with van der Waals surface area (Å²) in [6.07, 6.45) is 2.38. The molecule has 0 amide bonds. The van der Waals surface area contributed by atoms with Crippen molar-refractivity contribution < 1.29 is 0 Å². The van der Waals surface area contributed by atoms with Crippen LogP contribution in [0.15, 0.2) is 38.6 Å². The predicted molar refractivity (Wildman–Crippen MR) is 106 cm³/mol. The number of benzene rings is 1. The summed E-state index contributed by atoms with van der Waals surface area (Å²) < 4.78 is 4.48. The van der Waals surface area contributed by atoms with E-state index in [0.717, 1.165) is 22.3 Å². The fourth-order valence-electron chi connectivity index (χ4n) is 3.11. The van der Waals surface area contributed by atoms with Gasteiger partial charge in [-0.1, -0.05) is 22.9 Å². The minimum Gasteiger partial charge on any atom is -0.349 e. The normalized spacial score (nSPS) is 11.7. The molecule has 3 aromatic rings. The van der Waals surface area contributed by atoms with Gasteiger partial charge >= 0.3 is 0 Å². The van der Waals surface area contributed by atoms with Crippen LogP contribution in [0.5, 0.6) is 0 Å². The van der Waals surface area contributed by atoms with Crippen LogP contribution in [0.3, 0.4) is 0 Å². The van der Waals surface area contributed by atoms with Crippen molar-refractivity contribution in [1.29, 1.82) is 0 Å². The molecule has 25 heavy (non-hydrogen) atoms. The molecule has 0 fully saturated rings. The summed E-state index contributed by atoms with van der Waals surface area (Å²) in [5.74, 6) is 0.653. The lowest BCUT2D eigenvalue weighted by atomic mass is 10.2. The van der Waals surface area contributed by atoms with Crippen molar-refractivity contribution in [3.8, 4) is 0 Å². The third kappa shape index (κ3) is 3.18. The molecule has 2 aromatic heterocycles. The van der Waals surface area contributed by atoms with Gasteiger partial charge in [0.15, 0.2) is 0 Å². The fourth-order valence-corrected chi connectivity index (χ4v) is 3.47. The van der Waals surface area contributed by atoms with Crippen molar-refractivity contribution in [3.63, 3.8) is 0 Å². The van der Waals surface area contributed by atoms with Gasteiger partial charge in [0.2, 0.25) is 0 Å². The van der Waals surface area contributed by atoms with Gasteiger partial charge in [0.25, 0.3) is 5.56 Å². The van der Waals surface area contributed by atoms with Crippen LogP contribution in [-0.2, 0) is 13.0 Å². The Balaban J connectivity index is 2.15. The molecule has 1 aromatic carbocycles. The summed E-state index contributed by atoms with van der Waals surface area (Å²) in [4.78, 5) is 17.5. The molecule has 5 nitrogen and oxygen atoms in total. The maximum atomic E-state index is 12.9. The minimum absolute atomic E-state index is 0.149. The number of aryl methyl sites for hydroxylation is 2. The largest absolute Gasteiger partial charge is 0.349 e. The minimum atomic E-state index is -0.149. The first kappa shape index (κ1) is 17.6. The molecule has 0 N–H and O–H groups in total. The van der Waals surface area contributed by atoms with Gasteiger partial charge in [-0.25, -0.2) is 4.98 Å². The van der Waals surface area contributed by atoms with Crippen LogP contribution >= 0.6 is 15.9 Å². The summed E-state index contributed by atoms with van der Waals surface area (Å²) in [5.41, 5.74) is 3.89. The van der Waals surface area contributed by atoms with E-state index in [0.29, 0.717) is 23.1 Å². The molecule has 0 spiro atoms. The van der Waals surface area contributed by atoms with Gasteiger partial charge in [0.05, 0.1) is 17.1 Å². The molecule has 0 saturated heterocycles. The highest BCUT2D eigenvalue weighted by Gasteiger charge is 2.10. The van der Waals surface area contributed by atoms with Gasteiger partial charge in [0.1, 0.15) is 5.82 Å². The Labute approximate surface area is 155 Å². The fraction of sp³-hybridized carbons (Fsp3) is 0.316. The quantitative estimate of drug-likeness (QED) is 0.620. The third-order valence-electron chi connectivity index (χ3n) is 4.43. The van der Waals surface area contributed by atoms with Crippen molar-refractivity contribution in [2.24, 2.45) is 5.10 Å². The number of hydrogen-bond donors (Lipinski definition) is 0. The van der Waals surface area contributed by atoms with Crippen LogP contribution in [0.2, 0.25) is 0 Å². The van der Waals surface area contributed by atoms with Gasteiger partial charge in [0, 0.05) is 34.4 Å². The van der Waals surface area contributed by atoms with Gasteiger partial charge in [-0.15, -0.1) is 0 Å². The molecule has 0 aliphatic heterocycles. The molecule has 0 saturated carbocycles. The second kappa shape index (κ2) is 6.96. The second-order valence-corrected chi connectivity index (χ2v) is 6.89. The summed E-state index contributed by atoms with van der Waals surface area (Å²) in [5, 5.41) is 5.02. The van der Waals surface area contributed by atoms with E-state index in [-0.39, 0.29) is 5.56 Å². The summed E-state index contributed by atoms with van der Waals surface area (Å²) in [6, 6.07) is 7.62. The van der Waals surface area contributed by atoms with E-state index in [4.69, 9.17) is 0 Å². The maximum Gasteiger partial charge on any atom is 0.282 e. The lowest BCUT2D eigenvalue weighted by Crippen LogP contribution is -2.22. The van der Waals surface area contributed by atoms with Gasteiger partial charge in [-0.2, -0.15) is 9.78 Å². The van der Waals surface area contributed by atoms with Crippen molar-refractivity contribution >= 4 is 33.0 Å². The number of fused-ring (bicyclic) bond motifs is 1. The molecule has 0 atom stereocenters. The van der Waals surface area contributed by atoms with Crippen molar-refractivity contribution in [3.05, 3.63) is 61.9 Å². The van der Waals surface area contributed by atoms with Crippen LogP contribution in [0.25, 0.3) is 10.9 Å².